The van der Waals surface area contributed by atoms with Crippen molar-refractivity contribution in [2.24, 2.45) is 11.7 Å². The molecule has 1 saturated heterocycles. The van der Waals surface area contributed by atoms with E-state index in [-0.39, 0.29) is 29.4 Å². The molecule has 17 heavy (non-hydrogen) atoms. The lowest BCUT2D eigenvalue weighted by atomic mass is 10.2. The maximum atomic E-state index is 11.9. The first-order valence-corrected chi connectivity index (χ1v) is 7.88. The molecule has 0 aromatic carbocycles. The van der Waals surface area contributed by atoms with Crippen LogP contribution < -0.4 is 5.73 Å². The molecule has 0 radical (unpaired) electrons. The van der Waals surface area contributed by atoms with E-state index in [0.29, 0.717) is 13.1 Å². The van der Waals surface area contributed by atoms with Gasteiger partial charge < -0.3 is 10.6 Å². The molecule has 6 heteroatoms. The molecule has 1 aliphatic rings. The first-order chi connectivity index (χ1) is 7.85. The summed E-state index contributed by atoms with van der Waals surface area (Å²) in [5.74, 6) is -0.544. The SMILES string of the molecule is CC(C)CS(=O)(=O)CC(=O)N1CCCC1CN. The summed E-state index contributed by atoms with van der Waals surface area (Å²) in [6, 6.07) is 0.0248. The standard InChI is InChI=1S/C11H22N2O3S/c1-9(2)7-17(15,16)8-11(14)13-5-3-4-10(13)6-12/h9-10H,3-8,12H2,1-2H3. The predicted molar refractivity (Wildman–Crippen MR) is 67.3 cm³/mol. The first kappa shape index (κ1) is 14.4. The molecule has 1 rings (SSSR count). The van der Waals surface area contributed by atoms with Gasteiger partial charge in [-0.05, 0) is 18.8 Å². The zero-order valence-electron chi connectivity index (χ0n) is 10.6. The third kappa shape index (κ3) is 4.27. The highest BCUT2D eigenvalue weighted by Gasteiger charge is 2.30. The fraction of sp³-hybridized carbons (Fsp3) is 0.909. The summed E-state index contributed by atoms with van der Waals surface area (Å²) >= 11 is 0. The van der Waals surface area contributed by atoms with E-state index in [9.17, 15) is 13.2 Å². The zero-order chi connectivity index (χ0) is 13.1. The van der Waals surface area contributed by atoms with Crippen LogP contribution in [-0.2, 0) is 14.6 Å². The van der Waals surface area contributed by atoms with Crippen LogP contribution in [0, 0.1) is 5.92 Å². The average molecular weight is 262 g/mol. The van der Waals surface area contributed by atoms with Crippen molar-refractivity contribution in [3.8, 4) is 0 Å². The highest BCUT2D eigenvalue weighted by Crippen LogP contribution is 2.17. The number of likely N-dealkylation sites (tertiary alicyclic amines) is 1. The lowest BCUT2D eigenvalue weighted by Gasteiger charge is -2.23. The molecule has 5 nitrogen and oxygen atoms in total. The van der Waals surface area contributed by atoms with Crippen LogP contribution in [0.5, 0.6) is 0 Å². The Labute approximate surface area is 103 Å². The van der Waals surface area contributed by atoms with Crippen LogP contribution in [0.25, 0.3) is 0 Å². The third-order valence-electron chi connectivity index (χ3n) is 2.90. The fourth-order valence-electron chi connectivity index (χ4n) is 2.25. The summed E-state index contributed by atoms with van der Waals surface area (Å²) in [7, 11) is -3.28. The molecule has 100 valence electrons. The summed E-state index contributed by atoms with van der Waals surface area (Å²) in [5, 5.41) is 0. The average Bonchev–Trinajstić information content (AvgIpc) is 2.61. The van der Waals surface area contributed by atoms with E-state index >= 15 is 0 Å². The van der Waals surface area contributed by atoms with Crippen LogP contribution in [0.3, 0.4) is 0 Å². The minimum absolute atomic E-state index is 0.0248. The number of nitrogens with two attached hydrogens (primary N) is 1. The Morgan fingerprint density at radius 1 is 1.47 bits per heavy atom. The summed E-state index contributed by atoms with van der Waals surface area (Å²) in [6.45, 7) is 4.72. The lowest BCUT2D eigenvalue weighted by molar-refractivity contribution is -0.129. The number of carbonyl (C=O) groups is 1. The van der Waals surface area contributed by atoms with Crippen LogP contribution >= 0.6 is 0 Å². The number of sulfone groups is 1. The smallest absolute Gasteiger partial charge is 0.238 e. The van der Waals surface area contributed by atoms with Gasteiger partial charge >= 0.3 is 0 Å². The highest BCUT2D eigenvalue weighted by molar-refractivity contribution is 7.92. The van der Waals surface area contributed by atoms with E-state index in [0.717, 1.165) is 12.8 Å². The monoisotopic (exact) mass is 262 g/mol. The van der Waals surface area contributed by atoms with E-state index in [1.54, 1.807) is 4.90 Å². The fourth-order valence-corrected chi connectivity index (χ4v) is 3.92. The third-order valence-corrected chi connectivity index (χ3v) is 4.76. The molecule has 0 aromatic heterocycles. The van der Waals surface area contributed by atoms with Crippen molar-refractivity contribution in [1.82, 2.24) is 4.90 Å². The lowest BCUT2D eigenvalue weighted by Crippen LogP contribution is -2.43. The van der Waals surface area contributed by atoms with E-state index < -0.39 is 9.84 Å². The second-order valence-electron chi connectivity index (χ2n) is 5.07. The Bertz CT molecular complexity index is 365. The van der Waals surface area contributed by atoms with Gasteiger partial charge in [-0.1, -0.05) is 13.8 Å². The molecule has 0 spiro atoms. The number of amides is 1. The zero-order valence-corrected chi connectivity index (χ0v) is 11.4. The molecular weight excluding hydrogens is 240 g/mol. The first-order valence-electron chi connectivity index (χ1n) is 6.05. The Morgan fingerprint density at radius 3 is 2.65 bits per heavy atom. The highest BCUT2D eigenvalue weighted by atomic mass is 32.2. The van der Waals surface area contributed by atoms with Crippen molar-refractivity contribution in [3.63, 3.8) is 0 Å². The topological polar surface area (TPSA) is 80.5 Å². The van der Waals surface area contributed by atoms with Crippen molar-refractivity contribution in [2.45, 2.75) is 32.7 Å². The molecule has 1 heterocycles. The molecule has 0 aliphatic carbocycles. The van der Waals surface area contributed by atoms with Gasteiger partial charge in [-0.25, -0.2) is 8.42 Å². The van der Waals surface area contributed by atoms with Gasteiger partial charge in [0, 0.05) is 19.1 Å². The number of rotatable bonds is 5. The van der Waals surface area contributed by atoms with E-state index in [1.165, 1.54) is 0 Å². The van der Waals surface area contributed by atoms with Crippen LogP contribution in [0.4, 0.5) is 0 Å². The summed E-state index contributed by atoms with van der Waals surface area (Å²) < 4.78 is 23.4. The summed E-state index contributed by atoms with van der Waals surface area (Å²) in [6.07, 6.45) is 1.80. The molecule has 1 amide bonds. The van der Waals surface area contributed by atoms with Crippen LogP contribution in [0.2, 0.25) is 0 Å². The quantitative estimate of drug-likeness (QED) is 0.756. The molecule has 1 fully saturated rings. The van der Waals surface area contributed by atoms with Crippen LogP contribution in [-0.4, -0.2) is 49.9 Å². The van der Waals surface area contributed by atoms with Gasteiger partial charge in [-0.15, -0.1) is 0 Å². The van der Waals surface area contributed by atoms with Gasteiger partial charge in [0.05, 0.1) is 5.75 Å². The van der Waals surface area contributed by atoms with Crippen molar-refractivity contribution in [3.05, 3.63) is 0 Å². The molecule has 2 N–H and O–H groups in total. The van der Waals surface area contributed by atoms with Crippen molar-refractivity contribution >= 4 is 15.7 Å². The van der Waals surface area contributed by atoms with Crippen LogP contribution in [0.15, 0.2) is 0 Å². The van der Waals surface area contributed by atoms with E-state index in [2.05, 4.69) is 0 Å². The van der Waals surface area contributed by atoms with Crippen molar-refractivity contribution in [2.75, 3.05) is 24.6 Å². The molecular formula is C11H22N2O3S. The number of nitrogens with zero attached hydrogens (tertiary/aromatic N) is 1. The van der Waals surface area contributed by atoms with Crippen molar-refractivity contribution in [1.29, 1.82) is 0 Å². The molecule has 1 unspecified atom stereocenters. The van der Waals surface area contributed by atoms with Gasteiger partial charge in [-0.2, -0.15) is 0 Å². The molecule has 0 saturated carbocycles. The summed E-state index contributed by atoms with van der Waals surface area (Å²) in [4.78, 5) is 13.5. The predicted octanol–water partition coefficient (Wildman–Crippen LogP) is 0.00690. The number of carbonyl (C=O) groups excluding carboxylic acids is 1. The largest absolute Gasteiger partial charge is 0.338 e. The number of hydrogen-bond acceptors (Lipinski definition) is 4. The second-order valence-corrected chi connectivity index (χ2v) is 7.18. The van der Waals surface area contributed by atoms with Crippen molar-refractivity contribution < 1.29 is 13.2 Å². The van der Waals surface area contributed by atoms with Gasteiger partial charge in [0.15, 0.2) is 9.84 Å². The number of hydrogen-bond donors (Lipinski definition) is 1. The maximum Gasteiger partial charge on any atom is 0.238 e. The molecule has 0 bridgehead atoms. The maximum absolute atomic E-state index is 11.9. The van der Waals surface area contributed by atoms with Gasteiger partial charge in [0.1, 0.15) is 5.75 Å². The Kier molecular flexibility index (Phi) is 4.94. The van der Waals surface area contributed by atoms with Crippen LogP contribution in [0.1, 0.15) is 26.7 Å². The van der Waals surface area contributed by atoms with E-state index in [1.807, 2.05) is 13.8 Å². The molecule has 0 aromatic rings. The Hall–Kier alpha value is -0.620. The van der Waals surface area contributed by atoms with Gasteiger partial charge in [0.2, 0.25) is 5.91 Å². The second kappa shape index (κ2) is 5.82. The van der Waals surface area contributed by atoms with Gasteiger partial charge in [0.25, 0.3) is 0 Å². The Morgan fingerprint density at radius 2 is 2.12 bits per heavy atom. The normalized spacial score (nSPS) is 21.2. The minimum atomic E-state index is -3.28. The molecule has 1 aliphatic heterocycles. The van der Waals surface area contributed by atoms with Gasteiger partial charge in [-0.3, -0.25) is 4.79 Å². The Balaban J connectivity index is 2.60. The van der Waals surface area contributed by atoms with E-state index in [4.69, 9.17) is 5.73 Å². The minimum Gasteiger partial charge on any atom is -0.338 e. The molecule has 1 atom stereocenters. The summed E-state index contributed by atoms with van der Waals surface area (Å²) in [5.41, 5.74) is 5.56.